The summed E-state index contributed by atoms with van der Waals surface area (Å²) in [5.74, 6) is -0.579. The van der Waals surface area contributed by atoms with Gasteiger partial charge in [-0.15, -0.1) is 0 Å². The number of hydrogen-bond donors (Lipinski definition) is 3. The fourth-order valence-corrected chi connectivity index (χ4v) is 3.18. The third kappa shape index (κ3) is 6.04. The SMILES string of the molecule is COc1ccccc1NC(=O)COc1ccc(C(=O)NC(C(N)=O)c2ccccc2)cc1OC. The molecule has 0 bridgehead atoms. The van der Waals surface area contributed by atoms with E-state index in [9.17, 15) is 14.4 Å². The van der Waals surface area contributed by atoms with Gasteiger partial charge in [-0.3, -0.25) is 14.4 Å². The Bertz CT molecular complexity index is 1170. The van der Waals surface area contributed by atoms with E-state index in [0.717, 1.165) is 0 Å². The fraction of sp³-hybridized carbons (Fsp3) is 0.160. The Morgan fingerprint density at radius 2 is 1.53 bits per heavy atom. The molecule has 3 rings (SSSR count). The van der Waals surface area contributed by atoms with Crippen molar-refractivity contribution in [3.8, 4) is 17.2 Å². The lowest BCUT2D eigenvalue weighted by atomic mass is 10.1. The zero-order chi connectivity index (χ0) is 24.5. The van der Waals surface area contributed by atoms with Gasteiger partial charge in [-0.25, -0.2) is 0 Å². The Kier molecular flexibility index (Phi) is 8.07. The molecule has 0 aliphatic heterocycles. The van der Waals surface area contributed by atoms with Crippen LogP contribution in [0.25, 0.3) is 0 Å². The number of carbonyl (C=O) groups is 3. The van der Waals surface area contributed by atoms with Gasteiger partial charge >= 0.3 is 0 Å². The summed E-state index contributed by atoms with van der Waals surface area (Å²) < 4.78 is 16.1. The van der Waals surface area contributed by atoms with E-state index in [4.69, 9.17) is 19.9 Å². The summed E-state index contributed by atoms with van der Waals surface area (Å²) in [5, 5.41) is 5.33. The molecule has 0 heterocycles. The molecule has 176 valence electrons. The number of ether oxygens (including phenoxy) is 3. The Labute approximate surface area is 196 Å². The lowest BCUT2D eigenvalue weighted by Crippen LogP contribution is -2.37. The summed E-state index contributed by atoms with van der Waals surface area (Å²) in [6, 6.07) is 19.1. The van der Waals surface area contributed by atoms with Gasteiger partial charge in [0.25, 0.3) is 11.8 Å². The summed E-state index contributed by atoms with van der Waals surface area (Å²) in [6.45, 7) is -0.294. The Hall–Kier alpha value is -4.53. The normalized spacial score (nSPS) is 11.1. The molecule has 0 aromatic heterocycles. The molecular formula is C25H25N3O6. The highest BCUT2D eigenvalue weighted by Crippen LogP contribution is 2.29. The second-order valence-electron chi connectivity index (χ2n) is 7.12. The summed E-state index contributed by atoms with van der Waals surface area (Å²) in [5.41, 5.74) is 6.78. The van der Waals surface area contributed by atoms with E-state index in [0.29, 0.717) is 17.0 Å². The van der Waals surface area contributed by atoms with Crippen LogP contribution in [0.1, 0.15) is 22.0 Å². The van der Waals surface area contributed by atoms with Crippen molar-refractivity contribution < 1.29 is 28.6 Å². The van der Waals surface area contributed by atoms with Crippen LogP contribution in [-0.2, 0) is 9.59 Å². The number of para-hydroxylation sites is 2. The fourth-order valence-electron chi connectivity index (χ4n) is 3.18. The molecule has 9 heteroatoms. The number of methoxy groups -OCH3 is 2. The Morgan fingerprint density at radius 1 is 0.853 bits per heavy atom. The highest BCUT2D eigenvalue weighted by atomic mass is 16.5. The lowest BCUT2D eigenvalue weighted by molar-refractivity contribution is -0.120. The maximum atomic E-state index is 12.8. The van der Waals surface area contributed by atoms with Crippen LogP contribution in [0.15, 0.2) is 72.8 Å². The highest BCUT2D eigenvalue weighted by molar-refractivity contribution is 5.98. The van der Waals surface area contributed by atoms with Crippen molar-refractivity contribution >= 4 is 23.4 Å². The molecule has 4 N–H and O–H groups in total. The molecule has 3 amide bonds. The smallest absolute Gasteiger partial charge is 0.262 e. The van der Waals surface area contributed by atoms with Crippen LogP contribution in [0, 0.1) is 0 Å². The van der Waals surface area contributed by atoms with E-state index in [1.54, 1.807) is 54.6 Å². The first kappa shape index (κ1) is 24.1. The van der Waals surface area contributed by atoms with E-state index >= 15 is 0 Å². The second kappa shape index (κ2) is 11.4. The molecule has 0 saturated heterocycles. The van der Waals surface area contributed by atoms with Crippen LogP contribution in [0.2, 0.25) is 0 Å². The summed E-state index contributed by atoms with van der Waals surface area (Å²) in [4.78, 5) is 36.9. The van der Waals surface area contributed by atoms with Gasteiger partial charge in [0.05, 0.1) is 19.9 Å². The third-order valence-corrected chi connectivity index (χ3v) is 4.86. The molecular weight excluding hydrogens is 438 g/mol. The average molecular weight is 463 g/mol. The first-order valence-corrected chi connectivity index (χ1v) is 10.3. The molecule has 0 spiro atoms. The van der Waals surface area contributed by atoms with Crippen LogP contribution in [-0.4, -0.2) is 38.5 Å². The van der Waals surface area contributed by atoms with Crippen LogP contribution in [0.4, 0.5) is 5.69 Å². The van der Waals surface area contributed by atoms with Crippen molar-refractivity contribution in [2.24, 2.45) is 5.73 Å². The molecule has 0 fully saturated rings. The molecule has 9 nitrogen and oxygen atoms in total. The van der Waals surface area contributed by atoms with E-state index < -0.39 is 23.8 Å². The van der Waals surface area contributed by atoms with E-state index in [-0.39, 0.29) is 23.7 Å². The topological polar surface area (TPSA) is 129 Å². The van der Waals surface area contributed by atoms with Gasteiger partial charge in [-0.05, 0) is 35.9 Å². The van der Waals surface area contributed by atoms with Crippen LogP contribution >= 0.6 is 0 Å². The molecule has 0 radical (unpaired) electrons. The maximum absolute atomic E-state index is 12.8. The minimum Gasteiger partial charge on any atom is -0.495 e. The van der Waals surface area contributed by atoms with Crippen LogP contribution in [0.3, 0.4) is 0 Å². The summed E-state index contributed by atoms with van der Waals surface area (Å²) in [6.07, 6.45) is 0. The molecule has 3 aromatic carbocycles. The van der Waals surface area contributed by atoms with Gasteiger partial charge in [-0.1, -0.05) is 42.5 Å². The Balaban J connectivity index is 1.67. The largest absolute Gasteiger partial charge is 0.495 e. The quantitative estimate of drug-likeness (QED) is 0.424. The van der Waals surface area contributed by atoms with Crippen molar-refractivity contribution in [1.82, 2.24) is 5.32 Å². The van der Waals surface area contributed by atoms with Crippen molar-refractivity contribution in [3.63, 3.8) is 0 Å². The zero-order valence-corrected chi connectivity index (χ0v) is 18.7. The number of hydrogen-bond acceptors (Lipinski definition) is 6. The van der Waals surface area contributed by atoms with Crippen LogP contribution in [0.5, 0.6) is 17.2 Å². The number of benzene rings is 3. The van der Waals surface area contributed by atoms with Gasteiger partial charge < -0.3 is 30.6 Å². The second-order valence-corrected chi connectivity index (χ2v) is 7.12. The molecule has 34 heavy (non-hydrogen) atoms. The van der Waals surface area contributed by atoms with Gasteiger partial charge in [0.1, 0.15) is 11.8 Å². The van der Waals surface area contributed by atoms with Crippen molar-refractivity contribution in [2.75, 3.05) is 26.1 Å². The number of amides is 3. The van der Waals surface area contributed by atoms with Crippen molar-refractivity contribution in [1.29, 1.82) is 0 Å². The standard InChI is InChI=1S/C25H25N3O6/c1-32-19-11-7-6-10-18(19)27-22(29)15-34-20-13-12-17(14-21(20)33-2)25(31)28-23(24(26)30)16-8-4-3-5-9-16/h3-14,23H,15H2,1-2H3,(H2,26,30)(H,27,29)(H,28,31). The third-order valence-electron chi connectivity index (χ3n) is 4.86. The molecule has 0 saturated carbocycles. The molecule has 3 aromatic rings. The van der Waals surface area contributed by atoms with Gasteiger partial charge in [0.15, 0.2) is 18.1 Å². The van der Waals surface area contributed by atoms with Crippen molar-refractivity contribution in [3.05, 3.63) is 83.9 Å². The molecule has 1 atom stereocenters. The predicted octanol–water partition coefficient (Wildman–Crippen LogP) is 2.68. The van der Waals surface area contributed by atoms with Crippen molar-refractivity contribution in [2.45, 2.75) is 6.04 Å². The first-order valence-electron chi connectivity index (χ1n) is 10.3. The number of nitrogens with one attached hydrogen (secondary N) is 2. The highest BCUT2D eigenvalue weighted by Gasteiger charge is 2.22. The van der Waals surface area contributed by atoms with Gasteiger partial charge in [0, 0.05) is 5.56 Å². The Morgan fingerprint density at radius 3 is 2.21 bits per heavy atom. The molecule has 1 unspecified atom stereocenters. The van der Waals surface area contributed by atoms with E-state index in [2.05, 4.69) is 10.6 Å². The summed E-state index contributed by atoms with van der Waals surface area (Å²) in [7, 11) is 2.92. The average Bonchev–Trinajstić information content (AvgIpc) is 2.86. The van der Waals surface area contributed by atoms with E-state index in [1.165, 1.54) is 32.4 Å². The summed E-state index contributed by atoms with van der Waals surface area (Å²) >= 11 is 0. The van der Waals surface area contributed by atoms with E-state index in [1.807, 2.05) is 0 Å². The maximum Gasteiger partial charge on any atom is 0.262 e. The zero-order valence-electron chi connectivity index (χ0n) is 18.7. The minimum atomic E-state index is -0.991. The molecule has 0 aliphatic rings. The molecule has 0 aliphatic carbocycles. The van der Waals surface area contributed by atoms with Crippen LogP contribution < -0.4 is 30.6 Å². The lowest BCUT2D eigenvalue weighted by Gasteiger charge is -2.17. The van der Waals surface area contributed by atoms with Gasteiger partial charge in [-0.2, -0.15) is 0 Å². The predicted molar refractivity (Wildman–Crippen MR) is 126 cm³/mol. The monoisotopic (exact) mass is 463 g/mol. The number of rotatable bonds is 10. The minimum absolute atomic E-state index is 0.227. The first-order chi connectivity index (χ1) is 16.4. The number of nitrogens with two attached hydrogens (primary N) is 1. The van der Waals surface area contributed by atoms with Gasteiger partial charge in [0.2, 0.25) is 5.91 Å². The number of carbonyl (C=O) groups excluding carboxylic acids is 3. The number of anilines is 1. The number of primary amides is 1.